The molecule has 0 amide bonds. The zero-order valence-corrected chi connectivity index (χ0v) is 9.95. The predicted molar refractivity (Wildman–Crippen MR) is 61.7 cm³/mol. The molecule has 1 fully saturated rings. The highest BCUT2D eigenvalue weighted by Gasteiger charge is 2.40. The second kappa shape index (κ2) is 3.97. The fraction of sp³-hybridized carbons (Fsp3) is 0.750. The Labute approximate surface area is 91.9 Å². The highest BCUT2D eigenvalue weighted by molar-refractivity contribution is 5.09. The number of aryl methyl sites for hydroxylation is 1. The lowest BCUT2D eigenvalue weighted by atomic mass is 9.79. The van der Waals surface area contributed by atoms with Crippen molar-refractivity contribution in [2.75, 3.05) is 13.6 Å². The number of aromatic nitrogens is 2. The van der Waals surface area contributed by atoms with Gasteiger partial charge in [0.05, 0.1) is 6.20 Å². The second-order valence-electron chi connectivity index (χ2n) is 5.16. The number of hydrogen-bond donors (Lipinski definition) is 1. The van der Waals surface area contributed by atoms with Gasteiger partial charge >= 0.3 is 0 Å². The zero-order chi connectivity index (χ0) is 10.9. The summed E-state index contributed by atoms with van der Waals surface area (Å²) in [5.41, 5.74) is 1.78. The van der Waals surface area contributed by atoms with E-state index in [0.29, 0.717) is 5.41 Å². The van der Waals surface area contributed by atoms with Crippen molar-refractivity contribution in [3.8, 4) is 0 Å². The zero-order valence-electron chi connectivity index (χ0n) is 9.95. The van der Waals surface area contributed by atoms with Crippen LogP contribution in [0.5, 0.6) is 0 Å². The highest BCUT2D eigenvalue weighted by atomic mass is 15.2. The van der Waals surface area contributed by atoms with Crippen LogP contribution in [0.15, 0.2) is 12.4 Å². The van der Waals surface area contributed by atoms with E-state index in [-0.39, 0.29) is 0 Å². The number of rotatable bonds is 5. The fourth-order valence-corrected chi connectivity index (χ4v) is 2.56. The van der Waals surface area contributed by atoms with Gasteiger partial charge in [0.1, 0.15) is 0 Å². The molecule has 1 unspecified atom stereocenters. The molecular weight excluding hydrogens is 186 g/mol. The molecule has 0 aromatic carbocycles. The third-order valence-electron chi connectivity index (χ3n) is 3.51. The van der Waals surface area contributed by atoms with Crippen LogP contribution in [0.1, 0.15) is 25.3 Å². The van der Waals surface area contributed by atoms with Gasteiger partial charge in [0.2, 0.25) is 0 Å². The summed E-state index contributed by atoms with van der Waals surface area (Å²) < 4.78 is 1.89. The summed E-state index contributed by atoms with van der Waals surface area (Å²) in [5, 5.41) is 7.57. The van der Waals surface area contributed by atoms with E-state index in [1.807, 2.05) is 25.0 Å². The molecule has 84 valence electrons. The van der Waals surface area contributed by atoms with Gasteiger partial charge in [-0.1, -0.05) is 6.92 Å². The van der Waals surface area contributed by atoms with Gasteiger partial charge in [-0.3, -0.25) is 4.68 Å². The van der Waals surface area contributed by atoms with E-state index in [1.165, 1.54) is 18.4 Å². The molecule has 1 heterocycles. The minimum atomic E-state index is 0.414. The van der Waals surface area contributed by atoms with Crippen LogP contribution in [0.4, 0.5) is 0 Å². The van der Waals surface area contributed by atoms with Crippen molar-refractivity contribution >= 4 is 0 Å². The Morgan fingerprint density at radius 2 is 2.33 bits per heavy atom. The average molecular weight is 207 g/mol. The van der Waals surface area contributed by atoms with Gasteiger partial charge in [0, 0.05) is 19.8 Å². The van der Waals surface area contributed by atoms with Gasteiger partial charge in [0.15, 0.2) is 0 Å². The predicted octanol–water partition coefficient (Wildman–Crippen LogP) is 1.60. The first kappa shape index (κ1) is 10.7. The third-order valence-corrected chi connectivity index (χ3v) is 3.51. The third kappa shape index (κ3) is 2.40. The summed E-state index contributed by atoms with van der Waals surface area (Å²) in [6.07, 6.45) is 8.08. The van der Waals surface area contributed by atoms with Crippen molar-refractivity contribution in [3.05, 3.63) is 18.0 Å². The molecular formula is C12H21N3. The van der Waals surface area contributed by atoms with Gasteiger partial charge in [-0.05, 0) is 43.2 Å². The maximum Gasteiger partial charge on any atom is 0.0521 e. The van der Waals surface area contributed by atoms with Crippen LogP contribution >= 0.6 is 0 Å². The number of hydrogen-bond acceptors (Lipinski definition) is 2. The quantitative estimate of drug-likeness (QED) is 0.795. The van der Waals surface area contributed by atoms with Gasteiger partial charge in [-0.2, -0.15) is 5.10 Å². The van der Waals surface area contributed by atoms with Crippen molar-refractivity contribution in [2.24, 2.45) is 18.4 Å². The molecule has 1 N–H and O–H groups in total. The van der Waals surface area contributed by atoms with Crippen molar-refractivity contribution in [1.29, 1.82) is 0 Å². The Morgan fingerprint density at radius 3 is 2.80 bits per heavy atom. The molecule has 1 atom stereocenters. The van der Waals surface area contributed by atoms with Crippen LogP contribution in [0, 0.1) is 11.3 Å². The first-order valence-electron chi connectivity index (χ1n) is 5.76. The van der Waals surface area contributed by atoms with Gasteiger partial charge in [-0.15, -0.1) is 0 Å². The lowest BCUT2D eigenvalue weighted by Crippen LogP contribution is -2.33. The van der Waals surface area contributed by atoms with Crippen molar-refractivity contribution < 1.29 is 0 Å². The summed E-state index contributed by atoms with van der Waals surface area (Å²) >= 11 is 0. The van der Waals surface area contributed by atoms with Gasteiger partial charge in [0.25, 0.3) is 0 Å². The number of nitrogens with zero attached hydrogens (tertiary/aromatic N) is 2. The van der Waals surface area contributed by atoms with E-state index in [2.05, 4.69) is 23.5 Å². The molecule has 3 heteroatoms. The van der Waals surface area contributed by atoms with Crippen molar-refractivity contribution in [1.82, 2.24) is 15.1 Å². The Hall–Kier alpha value is -0.830. The van der Waals surface area contributed by atoms with Crippen LogP contribution in [-0.2, 0) is 13.5 Å². The van der Waals surface area contributed by atoms with Crippen LogP contribution < -0.4 is 5.32 Å². The van der Waals surface area contributed by atoms with E-state index in [0.717, 1.165) is 18.9 Å². The summed E-state index contributed by atoms with van der Waals surface area (Å²) in [6, 6.07) is 0. The monoisotopic (exact) mass is 207 g/mol. The Bertz CT molecular complexity index is 327. The minimum Gasteiger partial charge on any atom is -0.319 e. The molecule has 0 aliphatic heterocycles. The van der Waals surface area contributed by atoms with Crippen LogP contribution in [0.3, 0.4) is 0 Å². The summed E-state index contributed by atoms with van der Waals surface area (Å²) in [5.74, 6) is 0.908. The van der Waals surface area contributed by atoms with Crippen molar-refractivity contribution in [2.45, 2.75) is 26.2 Å². The number of nitrogens with one attached hydrogen (secondary N) is 1. The first-order chi connectivity index (χ1) is 7.14. The molecule has 0 bridgehead atoms. The summed E-state index contributed by atoms with van der Waals surface area (Å²) in [7, 11) is 4.03. The largest absolute Gasteiger partial charge is 0.319 e. The average Bonchev–Trinajstić information content (AvgIpc) is 2.93. The maximum atomic E-state index is 4.24. The van der Waals surface area contributed by atoms with Gasteiger partial charge < -0.3 is 5.32 Å². The lowest BCUT2D eigenvalue weighted by molar-refractivity contribution is 0.263. The van der Waals surface area contributed by atoms with E-state index >= 15 is 0 Å². The van der Waals surface area contributed by atoms with Crippen LogP contribution in [0.25, 0.3) is 0 Å². The Morgan fingerprint density at radius 1 is 1.60 bits per heavy atom. The molecule has 15 heavy (non-hydrogen) atoms. The fourth-order valence-electron chi connectivity index (χ4n) is 2.56. The molecule has 0 saturated heterocycles. The van der Waals surface area contributed by atoms with Crippen molar-refractivity contribution in [3.63, 3.8) is 0 Å². The Kier molecular flexibility index (Phi) is 2.83. The molecule has 0 spiro atoms. The SMILES string of the molecule is CNCC(C)(Cc1cnn(C)c1)C1CC1. The summed E-state index contributed by atoms with van der Waals surface area (Å²) in [4.78, 5) is 0. The minimum absolute atomic E-state index is 0.414. The molecule has 1 aromatic heterocycles. The van der Waals surface area contributed by atoms with Gasteiger partial charge in [-0.25, -0.2) is 0 Å². The molecule has 0 radical (unpaired) electrons. The Balaban J connectivity index is 2.06. The maximum absolute atomic E-state index is 4.24. The topological polar surface area (TPSA) is 29.9 Å². The normalized spacial score (nSPS) is 20.2. The summed E-state index contributed by atoms with van der Waals surface area (Å²) in [6.45, 7) is 3.50. The molecule has 1 aliphatic rings. The molecule has 3 nitrogen and oxygen atoms in total. The molecule has 1 aliphatic carbocycles. The second-order valence-corrected chi connectivity index (χ2v) is 5.16. The molecule has 2 rings (SSSR count). The van der Waals surface area contributed by atoms with Crippen LogP contribution in [0.2, 0.25) is 0 Å². The lowest BCUT2D eigenvalue weighted by Gasteiger charge is -2.29. The smallest absolute Gasteiger partial charge is 0.0521 e. The molecule has 1 aromatic rings. The van der Waals surface area contributed by atoms with E-state index in [9.17, 15) is 0 Å². The highest BCUT2D eigenvalue weighted by Crippen LogP contribution is 2.46. The standard InChI is InChI=1S/C12H21N3/c1-12(9-13-2,11-4-5-11)6-10-7-14-15(3)8-10/h7-8,11,13H,4-6,9H2,1-3H3. The van der Waals surface area contributed by atoms with E-state index in [4.69, 9.17) is 0 Å². The first-order valence-corrected chi connectivity index (χ1v) is 5.76. The molecule has 1 saturated carbocycles. The van der Waals surface area contributed by atoms with Crippen LogP contribution in [-0.4, -0.2) is 23.4 Å². The van der Waals surface area contributed by atoms with E-state index < -0.39 is 0 Å². The van der Waals surface area contributed by atoms with E-state index in [1.54, 1.807) is 0 Å².